The van der Waals surface area contributed by atoms with Crippen molar-refractivity contribution in [1.82, 2.24) is 15.5 Å². The van der Waals surface area contributed by atoms with Crippen LogP contribution in [0.2, 0.25) is 0 Å². The van der Waals surface area contributed by atoms with Gasteiger partial charge in [-0.2, -0.15) is 0 Å². The number of nitrogens with zero attached hydrogens (tertiary/aromatic N) is 1. The maximum Gasteiger partial charge on any atom is 0.312 e. The van der Waals surface area contributed by atoms with Crippen molar-refractivity contribution in [3.05, 3.63) is 0 Å². The maximum atomic E-state index is 10.1. The van der Waals surface area contributed by atoms with Crippen LogP contribution in [0.4, 0.5) is 4.79 Å². The molecule has 0 atom stereocenters. The van der Waals surface area contributed by atoms with E-state index in [0.29, 0.717) is 6.54 Å². The lowest BCUT2D eigenvalue weighted by atomic mass is 9.96. The molecule has 0 aromatic carbocycles. The number of hydrogen-bond donors (Lipinski definition) is 3. The van der Waals surface area contributed by atoms with Crippen LogP contribution < -0.4 is 16.4 Å². The van der Waals surface area contributed by atoms with Crippen molar-refractivity contribution in [2.75, 3.05) is 34.2 Å². The number of urea groups is 1. The molecule has 0 aromatic heterocycles. The Balaban J connectivity index is 0.000000302. The van der Waals surface area contributed by atoms with Crippen LogP contribution in [0.5, 0.6) is 0 Å². The minimum atomic E-state index is -0.461. The zero-order valence-corrected chi connectivity index (χ0v) is 11.5. The van der Waals surface area contributed by atoms with E-state index >= 15 is 0 Å². The monoisotopic (exact) mass is 244 g/mol. The lowest BCUT2D eigenvalue weighted by Crippen LogP contribution is -2.34. The first-order chi connectivity index (χ1) is 8.06. The van der Waals surface area contributed by atoms with Gasteiger partial charge in [0.2, 0.25) is 0 Å². The SMILES string of the molecule is CN(C)CCNC(N)=O.CNC1CCCCC1. The van der Waals surface area contributed by atoms with Crippen LogP contribution >= 0.6 is 0 Å². The Morgan fingerprint density at radius 2 is 1.88 bits per heavy atom. The molecule has 1 aliphatic carbocycles. The van der Waals surface area contributed by atoms with E-state index in [2.05, 4.69) is 17.7 Å². The molecule has 5 nitrogen and oxygen atoms in total. The third kappa shape index (κ3) is 11.5. The molecule has 0 spiro atoms. The highest BCUT2D eigenvalue weighted by Gasteiger charge is 2.09. The fourth-order valence-corrected chi connectivity index (χ4v) is 1.79. The highest BCUT2D eigenvalue weighted by molar-refractivity contribution is 5.71. The Labute approximate surface area is 105 Å². The van der Waals surface area contributed by atoms with E-state index in [1.54, 1.807) is 0 Å². The normalized spacial score (nSPS) is 16.2. The summed E-state index contributed by atoms with van der Waals surface area (Å²) in [5.74, 6) is 0. The first-order valence-corrected chi connectivity index (χ1v) is 6.41. The number of carbonyl (C=O) groups is 1. The smallest absolute Gasteiger partial charge is 0.312 e. The fraction of sp³-hybridized carbons (Fsp3) is 0.917. The number of hydrogen-bond acceptors (Lipinski definition) is 3. The van der Waals surface area contributed by atoms with Crippen LogP contribution in [-0.4, -0.2) is 51.2 Å². The Morgan fingerprint density at radius 1 is 1.29 bits per heavy atom. The Morgan fingerprint density at radius 3 is 2.24 bits per heavy atom. The van der Waals surface area contributed by atoms with Crippen molar-refractivity contribution in [3.8, 4) is 0 Å². The van der Waals surface area contributed by atoms with Crippen molar-refractivity contribution < 1.29 is 4.79 Å². The van der Waals surface area contributed by atoms with Gasteiger partial charge in [-0.25, -0.2) is 4.79 Å². The summed E-state index contributed by atoms with van der Waals surface area (Å²) in [6.07, 6.45) is 7.13. The average Bonchev–Trinajstić information content (AvgIpc) is 2.30. The standard InChI is InChI=1S/C7H15N.C5H13N3O/c1-8-7-5-3-2-4-6-7;1-8(2)4-3-7-5(6)9/h7-8H,2-6H2,1H3;3-4H2,1-2H3,(H3,6,7,9). The number of likely N-dealkylation sites (N-methyl/N-ethyl adjacent to an activating group) is 1. The molecule has 1 rings (SSSR count). The number of carbonyl (C=O) groups excluding carboxylic acids is 1. The zero-order valence-electron chi connectivity index (χ0n) is 11.5. The molecule has 0 saturated heterocycles. The van der Waals surface area contributed by atoms with Crippen LogP contribution in [0, 0.1) is 0 Å². The Hall–Kier alpha value is -0.810. The summed E-state index contributed by atoms with van der Waals surface area (Å²) in [6, 6.07) is 0.376. The van der Waals surface area contributed by atoms with Gasteiger partial charge in [-0.05, 0) is 34.0 Å². The molecule has 0 unspecified atom stereocenters. The van der Waals surface area contributed by atoms with Crippen molar-refractivity contribution in [3.63, 3.8) is 0 Å². The summed E-state index contributed by atoms with van der Waals surface area (Å²) in [5, 5.41) is 5.78. The second-order valence-corrected chi connectivity index (χ2v) is 4.72. The van der Waals surface area contributed by atoms with E-state index in [1.165, 1.54) is 32.1 Å². The molecule has 1 aliphatic rings. The van der Waals surface area contributed by atoms with E-state index in [0.717, 1.165) is 12.6 Å². The number of nitrogens with two attached hydrogens (primary N) is 1. The molecule has 0 aliphatic heterocycles. The van der Waals surface area contributed by atoms with Crippen LogP contribution in [0.3, 0.4) is 0 Å². The van der Waals surface area contributed by atoms with Gasteiger partial charge in [-0.3, -0.25) is 0 Å². The molecular weight excluding hydrogens is 216 g/mol. The van der Waals surface area contributed by atoms with Gasteiger partial charge in [0.15, 0.2) is 0 Å². The number of amides is 2. The number of nitrogens with one attached hydrogen (secondary N) is 2. The second kappa shape index (κ2) is 10.4. The van der Waals surface area contributed by atoms with Gasteiger partial charge in [-0.1, -0.05) is 19.3 Å². The summed E-state index contributed by atoms with van der Waals surface area (Å²) in [4.78, 5) is 12.0. The summed E-state index contributed by atoms with van der Waals surface area (Å²) in [5.41, 5.74) is 4.81. The lowest BCUT2D eigenvalue weighted by molar-refractivity contribution is 0.247. The van der Waals surface area contributed by atoms with Crippen LogP contribution in [0.15, 0.2) is 0 Å². The van der Waals surface area contributed by atoms with E-state index in [4.69, 9.17) is 5.73 Å². The molecule has 0 bridgehead atoms. The molecule has 0 heterocycles. The van der Waals surface area contributed by atoms with Crippen molar-refractivity contribution in [1.29, 1.82) is 0 Å². The molecule has 17 heavy (non-hydrogen) atoms. The third-order valence-electron chi connectivity index (χ3n) is 2.87. The number of rotatable bonds is 4. The summed E-state index contributed by atoms with van der Waals surface area (Å²) in [6.45, 7) is 1.44. The van der Waals surface area contributed by atoms with Gasteiger partial charge >= 0.3 is 6.03 Å². The Bertz CT molecular complexity index is 191. The minimum absolute atomic E-state index is 0.461. The first-order valence-electron chi connectivity index (χ1n) is 6.41. The van der Waals surface area contributed by atoms with Gasteiger partial charge in [0.1, 0.15) is 0 Å². The van der Waals surface area contributed by atoms with Gasteiger partial charge in [0, 0.05) is 19.1 Å². The highest BCUT2D eigenvalue weighted by atomic mass is 16.2. The molecular formula is C12H28N4O. The van der Waals surface area contributed by atoms with E-state index in [-0.39, 0.29) is 0 Å². The summed E-state index contributed by atoms with van der Waals surface area (Å²) < 4.78 is 0. The Kier molecular flexibility index (Phi) is 9.86. The van der Waals surface area contributed by atoms with Crippen molar-refractivity contribution >= 4 is 6.03 Å². The van der Waals surface area contributed by atoms with Crippen LogP contribution in [0.25, 0.3) is 0 Å². The predicted octanol–water partition coefficient (Wildman–Crippen LogP) is 0.755. The molecule has 5 heteroatoms. The summed E-state index contributed by atoms with van der Waals surface area (Å²) in [7, 11) is 5.93. The largest absolute Gasteiger partial charge is 0.352 e. The topological polar surface area (TPSA) is 70.4 Å². The van der Waals surface area contributed by atoms with Gasteiger partial charge in [-0.15, -0.1) is 0 Å². The van der Waals surface area contributed by atoms with Crippen LogP contribution in [0.1, 0.15) is 32.1 Å². The van der Waals surface area contributed by atoms with Gasteiger partial charge in [0.05, 0.1) is 0 Å². The third-order valence-corrected chi connectivity index (χ3v) is 2.87. The summed E-state index contributed by atoms with van der Waals surface area (Å²) >= 11 is 0. The fourth-order valence-electron chi connectivity index (χ4n) is 1.79. The maximum absolute atomic E-state index is 10.1. The first kappa shape index (κ1) is 16.2. The van der Waals surface area contributed by atoms with Crippen LogP contribution in [-0.2, 0) is 0 Å². The molecule has 4 N–H and O–H groups in total. The molecule has 0 radical (unpaired) electrons. The molecule has 0 aromatic rings. The quantitative estimate of drug-likeness (QED) is 0.683. The van der Waals surface area contributed by atoms with E-state index in [1.807, 2.05) is 19.0 Å². The lowest BCUT2D eigenvalue weighted by Gasteiger charge is -2.20. The van der Waals surface area contributed by atoms with Crippen molar-refractivity contribution in [2.24, 2.45) is 5.73 Å². The molecule has 1 saturated carbocycles. The van der Waals surface area contributed by atoms with Crippen molar-refractivity contribution in [2.45, 2.75) is 38.1 Å². The van der Waals surface area contributed by atoms with Gasteiger partial charge in [0.25, 0.3) is 0 Å². The highest BCUT2D eigenvalue weighted by Crippen LogP contribution is 2.16. The second-order valence-electron chi connectivity index (χ2n) is 4.72. The molecule has 2 amide bonds. The zero-order chi connectivity index (χ0) is 13.1. The van der Waals surface area contributed by atoms with E-state index < -0.39 is 6.03 Å². The minimum Gasteiger partial charge on any atom is -0.352 e. The number of primary amides is 1. The van der Waals surface area contributed by atoms with Gasteiger partial charge < -0.3 is 21.3 Å². The molecule has 1 fully saturated rings. The van der Waals surface area contributed by atoms with E-state index in [9.17, 15) is 4.79 Å². The predicted molar refractivity (Wildman–Crippen MR) is 72.1 cm³/mol. The molecule has 102 valence electrons. The average molecular weight is 244 g/mol.